The van der Waals surface area contributed by atoms with E-state index >= 15 is 0 Å². The maximum Gasteiger partial charge on any atom is 0.129 e. The summed E-state index contributed by atoms with van der Waals surface area (Å²) in [7, 11) is 0. The number of terminal acetylenes is 1. The first kappa shape index (κ1) is 10.5. The Hall–Kier alpha value is -0.560. The highest BCUT2D eigenvalue weighted by Gasteiger charge is 2.15. The monoisotopic (exact) mass is 182 g/mol. The molecule has 1 N–H and O–H groups in total. The number of nitrogens with one attached hydrogen (secondary N) is 1. The van der Waals surface area contributed by atoms with E-state index in [1.807, 2.05) is 5.06 Å². The van der Waals surface area contributed by atoms with Crippen LogP contribution in [0.3, 0.4) is 0 Å². The van der Waals surface area contributed by atoms with E-state index in [-0.39, 0.29) is 0 Å². The van der Waals surface area contributed by atoms with Gasteiger partial charge in [-0.1, -0.05) is 12.8 Å². The maximum atomic E-state index is 5.40. The minimum atomic E-state index is 0.385. The highest BCUT2D eigenvalue weighted by Crippen LogP contribution is 2.03. The van der Waals surface area contributed by atoms with E-state index in [0.29, 0.717) is 12.6 Å². The van der Waals surface area contributed by atoms with Crippen molar-refractivity contribution in [2.45, 2.75) is 25.8 Å². The molecule has 0 amide bonds. The molecule has 1 heterocycles. The van der Waals surface area contributed by atoms with Crippen molar-refractivity contribution in [1.82, 2.24) is 10.4 Å². The first-order valence-electron chi connectivity index (χ1n) is 4.91. The van der Waals surface area contributed by atoms with Gasteiger partial charge in [0.2, 0.25) is 0 Å². The Kier molecular flexibility index (Phi) is 4.84. The van der Waals surface area contributed by atoms with Crippen LogP contribution in [0.25, 0.3) is 0 Å². The van der Waals surface area contributed by atoms with Crippen molar-refractivity contribution >= 4 is 0 Å². The largest absolute Gasteiger partial charge is 0.313 e. The molecule has 3 nitrogen and oxygen atoms in total. The molecule has 1 saturated heterocycles. The van der Waals surface area contributed by atoms with E-state index in [0.717, 1.165) is 32.5 Å². The SMILES string of the molecule is C#CCON1CCCNC(CC)C1. The summed E-state index contributed by atoms with van der Waals surface area (Å²) in [6, 6.07) is 0.542. The lowest BCUT2D eigenvalue weighted by Crippen LogP contribution is -2.37. The lowest BCUT2D eigenvalue weighted by Gasteiger charge is -2.21. The van der Waals surface area contributed by atoms with Gasteiger partial charge in [0.1, 0.15) is 6.61 Å². The molecule has 0 aliphatic carbocycles. The maximum absolute atomic E-state index is 5.40. The second kappa shape index (κ2) is 5.98. The summed E-state index contributed by atoms with van der Waals surface area (Å²) in [4.78, 5) is 5.40. The fraction of sp³-hybridized carbons (Fsp3) is 0.800. The Morgan fingerprint density at radius 3 is 3.23 bits per heavy atom. The van der Waals surface area contributed by atoms with Gasteiger partial charge in [0.05, 0.1) is 0 Å². The van der Waals surface area contributed by atoms with Gasteiger partial charge < -0.3 is 5.32 Å². The van der Waals surface area contributed by atoms with Gasteiger partial charge in [-0.15, -0.1) is 6.42 Å². The van der Waals surface area contributed by atoms with Gasteiger partial charge in [0.15, 0.2) is 0 Å². The number of hydrogen-bond donors (Lipinski definition) is 1. The Balaban J connectivity index is 2.31. The van der Waals surface area contributed by atoms with Crippen LogP contribution in [-0.4, -0.2) is 37.3 Å². The first-order chi connectivity index (χ1) is 6.36. The second-order valence-corrected chi connectivity index (χ2v) is 3.28. The van der Waals surface area contributed by atoms with Crippen molar-refractivity contribution in [3.05, 3.63) is 0 Å². The van der Waals surface area contributed by atoms with Crippen LogP contribution in [-0.2, 0) is 4.84 Å². The van der Waals surface area contributed by atoms with Gasteiger partial charge in [0, 0.05) is 19.1 Å². The molecule has 0 radical (unpaired) electrons. The third-order valence-corrected chi connectivity index (χ3v) is 2.26. The van der Waals surface area contributed by atoms with Gasteiger partial charge in [-0.05, 0) is 19.4 Å². The normalized spacial score (nSPS) is 25.1. The number of rotatable bonds is 3. The first-order valence-corrected chi connectivity index (χ1v) is 4.91. The highest BCUT2D eigenvalue weighted by molar-refractivity contribution is 4.83. The Morgan fingerprint density at radius 1 is 1.69 bits per heavy atom. The van der Waals surface area contributed by atoms with E-state index in [2.05, 4.69) is 18.2 Å². The van der Waals surface area contributed by atoms with Crippen molar-refractivity contribution in [2.24, 2.45) is 0 Å². The summed E-state index contributed by atoms with van der Waals surface area (Å²) in [6.45, 7) is 5.57. The van der Waals surface area contributed by atoms with Crippen molar-refractivity contribution in [3.63, 3.8) is 0 Å². The summed E-state index contributed by atoms with van der Waals surface area (Å²) >= 11 is 0. The lowest BCUT2D eigenvalue weighted by atomic mass is 10.2. The van der Waals surface area contributed by atoms with Crippen LogP contribution < -0.4 is 5.32 Å². The standard InChI is InChI=1S/C10H18N2O/c1-3-8-13-12-7-5-6-11-10(4-2)9-12/h1,10-11H,4-9H2,2H3. The molecule has 0 aromatic carbocycles. The van der Waals surface area contributed by atoms with Crippen molar-refractivity contribution in [1.29, 1.82) is 0 Å². The molecule has 1 fully saturated rings. The van der Waals surface area contributed by atoms with E-state index in [4.69, 9.17) is 11.3 Å². The molecule has 1 atom stereocenters. The summed E-state index contributed by atoms with van der Waals surface area (Å²) in [6.07, 6.45) is 7.40. The van der Waals surface area contributed by atoms with Crippen molar-refractivity contribution < 1.29 is 4.84 Å². The fourth-order valence-corrected chi connectivity index (χ4v) is 1.48. The van der Waals surface area contributed by atoms with Crippen LogP contribution in [0.2, 0.25) is 0 Å². The molecule has 74 valence electrons. The fourth-order valence-electron chi connectivity index (χ4n) is 1.48. The zero-order valence-electron chi connectivity index (χ0n) is 8.25. The molecule has 1 aliphatic rings. The van der Waals surface area contributed by atoms with Crippen molar-refractivity contribution in [3.8, 4) is 12.3 Å². The molecule has 3 heteroatoms. The van der Waals surface area contributed by atoms with Crippen LogP contribution in [0.5, 0.6) is 0 Å². The zero-order valence-corrected chi connectivity index (χ0v) is 8.25. The minimum Gasteiger partial charge on any atom is -0.313 e. The second-order valence-electron chi connectivity index (χ2n) is 3.28. The molecule has 1 aliphatic heterocycles. The Labute approximate surface area is 80.4 Å². The zero-order chi connectivity index (χ0) is 9.52. The van der Waals surface area contributed by atoms with E-state index in [1.54, 1.807) is 0 Å². The van der Waals surface area contributed by atoms with Gasteiger partial charge in [-0.25, -0.2) is 0 Å². The van der Waals surface area contributed by atoms with Gasteiger partial charge in [-0.2, -0.15) is 5.06 Å². The average molecular weight is 182 g/mol. The van der Waals surface area contributed by atoms with Crippen LogP contribution in [0.15, 0.2) is 0 Å². The van der Waals surface area contributed by atoms with Gasteiger partial charge in [-0.3, -0.25) is 4.84 Å². The molecule has 1 unspecified atom stereocenters. The van der Waals surface area contributed by atoms with E-state index in [9.17, 15) is 0 Å². The van der Waals surface area contributed by atoms with Crippen LogP contribution in [0, 0.1) is 12.3 Å². The summed E-state index contributed by atoms with van der Waals surface area (Å²) in [5.74, 6) is 2.48. The van der Waals surface area contributed by atoms with Crippen LogP contribution >= 0.6 is 0 Å². The number of nitrogens with zero attached hydrogens (tertiary/aromatic N) is 1. The topological polar surface area (TPSA) is 24.5 Å². The molecule has 0 saturated carbocycles. The Morgan fingerprint density at radius 2 is 2.54 bits per heavy atom. The third-order valence-electron chi connectivity index (χ3n) is 2.26. The summed E-state index contributed by atoms with van der Waals surface area (Å²) in [5, 5.41) is 5.44. The summed E-state index contributed by atoms with van der Waals surface area (Å²) in [5.41, 5.74) is 0. The van der Waals surface area contributed by atoms with Gasteiger partial charge >= 0.3 is 0 Å². The van der Waals surface area contributed by atoms with E-state index in [1.165, 1.54) is 0 Å². The number of hydroxylamine groups is 2. The van der Waals surface area contributed by atoms with Crippen molar-refractivity contribution in [2.75, 3.05) is 26.2 Å². The quantitative estimate of drug-likeness (QED) is 0.648. The van der Waals surface area contributed by atoms with Gasteiger partial charge in [0.25, 0.3) is 0 Å². The molecule has 0 aromatic rings. The molecule has 0 bridgehead atoms. The average Bonchev–Trinajstić information content (AvgIpc) is 2.39. The Bertz CT molecular complexity index is 176. The molecule has 1 rings (SSSR count). The summed E-state index contributed by atoms with van der Waals surface area (Å²) < 4.78 is 0. The predicted octanol–water partition coefficient (Wildman–Crippen LogP) is 0.625. The molecular weight excluding hydrogens is 164 g/mol. The molecule has 0 spiro atoms. The smallest absolute Gasteiger partial charge is 0.129 e. The van der Waals surface area contributed by atoms with E-state index < -0.39 is 0 Å². The number of hydrogen-bond acceptors (Lipinski definition) is 3. The third kappa shape index (κ3) is 3.77. The molecular formula is C10H18N2O. The molecule has 13 heavy (non-hydrogen) atoms. The minimum absolute atomic E-state index is 0.385. The predicted molar refractivity (Wildman–Crippen MR) is 53.1 cm³/mol. The molecule has 0 aromatic heterocycles. The van der Waals surface area contributed by atoms with Crippen LogP contribution in [0.1, 0.15) is 19.8 Å². The highest BCUT2D eigenvalue weighted by atomic mass is 16.7. The van der Waals surface area contributed by atoms with Crippen LogP contribution in [0.4, 0.5) is 0 Å². The lowest BCUT2D eigenvalue weighted by molar-refractivity contribution is -0.146.